The van der Waals surface area contributed by atoms with Crippen LogP contribution in [0, 0.1) is 5.82 Å². The van der Waals surface area contributed by atoms with Gasteiger partial charge in [0.15, 0.2) is 0 Å². The summed E-state index contributed by atoms with van der Waals surface area (Å²) in [7, 11) is 0. The Morgan fingerprint density at radius 3 is 2.54 bits per heavy atom. The van der Waals surface area contributed by atoms with Crippen molar-refractivity contribution in [2.45, 2.75) is 19.3 Å². The lowest BCUT2D eigenvalue weighted by molar-refractivity contribution is -0.121. The van der Waals surface area contributed by atoms with Crippen molar-refractivity contribution >= 4 is 23.4 Å². The van der Waals surface area contributed by atoms with Gasteiger partial charge in [-0.25, -0.2) is 4.39 Å². The van der Waals surface area contributed by atoms with E-state index < -0.39 is 11.8 Å². The molecule has 6 nitrogen and oxygen atoms in total. The zero-order valence-corrected chi connectivity index (χ0v) is 14.0. The number of carbonyl (C=O) groups excluding carboxylic acids is 3. The molecule has 2 aromatic carbocycles. The minimum atomic E-state index is -0.481. The minimum Gasteiger partial charge on any atom is -0.312 e. The third-order valence-electron chi connectivity index (χ3n) is 4.09. The van der Waals surface area contributed by atoms with Gasteiger partial charge in [0.05, 0.1) is 6.42 Å². The van der Waals surface area contributed by atoms with Gasteiger partial charge in [-0.05, 0) is 42.3 Å². The van der Waals surface area contributed by atoms with Crippen molar-refractivity contribution in [3.05, 3.63) is 65.5 Å². The molecule has 0 spiro atoms. The largest absolute Gasteiger partial charge is 0.312 e. The molecule has 1 fully saturated rings. The number of hydrogen-bond donors (Lipinski definition) is 2. The third-order valence-corrected chi connectivity index (χ3v) is 4.09. The number of hydrogen-bond acceptors (Lipinski definition) is 3. The minimum absolute atomic E-state index is 0.0167. The number of rotatable bonds is 4. The molecule has 1 heterocycles. The van der Waals surface area contributed by atoms with E-state index in [0.717, 1.165) is 6.42 Å². The quantitative estimate of drug-likeness (QED) is 0.823. The van der Waals surface area contributed by atoms with Gasteiger partial charge in [0, 0.05) is 24.2 Å². The maximum atomic E-state index is 12.9. The van der Waals surface area contributed by atoms with E-state index in [-0.39, 0.29) is 18.1 Å². The predicted molar refractivity (Wildman–Crippen MR) is 93.7 cm³/mol. The SMILES string of the molecule is O=C(Cc1ccc(F)cc1)NNC(=O)c1cccc(N2CCCC2=O)c1. The Morgan fingerprint density at radius 2 is 1.85 bits per heavy atom. The molecule has 7 heteroatoms. The van der Waals surface area contributed by atoms with Gasteiger partial charge in [-0.2, -0.15) is 0 Å². The Kier molecular flexibility index (Phi) is 5.26. The maximum Gasteiger partial charge on any atom is 0.269 e. The predicted octanol–water partition coefficient (Wildman–Crippen LogP) is 1.96. The molecule has 1 aliphatic rings. The van der Waals surface area contributed by atoms with E-state index in [1.165, 1.54) is 24.3 Å². The van der Waals surface area contributed by atoms with E-state index >= 15 is 0 Å². The Balaban J connectivity index is 1.57. The fourth-order valence-corrected chi connectivity index (χ4v) is 2.77. The molecule has 0 aliphatic carbocycles. The molecule has 134 valence electrons. The Labute approximate surface area is 150 Å². The van der Waals surface area contributed by atoms with Crippen LogP contribution in [-0.2, 0) is 16.0 Å². The lowest BCUT2D eigenvalue weighted by Crippen LogP contribution is -2.42. The summed E-state index contributed by atoms with van der Waals surface area (Å²) in [5, 5.41) is 0. The van der Waals surface area contributed by atoms with Crippen LogP contribution in [0.3, 0.4) is 0 Å². The summed E-state index contributed by atoms with van der Waals surface area (Å²) in [5.41, 5.74) is 6.31. The van der Waals surface area contributed by atoms with E-state index in [9.17, 15) is 18.8 Å². The number of nitrogens with zero attached hydrogens (tertiary/aromatic N) is 1. The molecular formula is C19H18FN3O3. The van der Waals surface area contributed by atoms with E-state index in [1.807, 2.05) is 0 Å². The first-order chi connectivity index (χ1) is 12.5. The zero-order valence-electron chi connectivity index (χ0n) is 14.0. The summed E-state index contributed by atoms with van der Waals surface area (Å²) < 4.78 is 12.9. The molecule has 0 bridgehead atoms. The van der Waals surface area contributed by atoms with Crippen molar-refractivity contribution in [1.29, 1.82) is 0 Å². The molecule has 2 aromatic rings. The Morgan fingerprint density at radius 1 is 1.08 bits per heavy atom. The van der Waals surface area contributed by atoms with Crippen LogP contribution in [0.2, 0.25) is 0 Å². The molecule has 3 rings (SSSR count). The lowest BCUT2D eigenvalue weighted by Gasteiger charge is -2.16. The van der Waals surface area contributed by atoms with Gasteiger partial charge < -0.3 is 4.90 Å². The van der Waals surface area contributed by atoms with Crippen molar-refractivity contribution in [2.75, 3.05) is 11.4 Å². The number of amides is 3. The number of halogens is 1. The second kappa shape index (κ2) is 7.77. The summed E-state index contributed by atoms with van der Waals surface area (Å²) in [4.78, 5) is 37.5. The topological polar surface area (TPSA) is 78.5 Å². The summed E-state index contributed by atoms with van der Waals surface area (Å²) >= 11 is 0. The van der Waals surface area contributed by atoms with Crippen LogP contribution in [0.15, 0.2) is 48.5 Å². The zero-order chi connectivity index (χ0) is 18.5. The lowest BCUT2D eigenvalue weighted by atomic mass is 10.1. The van der Waals surface area contributed by atoms with Crippen molar-refractivity contribution < 1.29 is 18.8 Å². The van der Waals surface area contributed by atoms with Gasteiger partial charge in [0.2, 0.25) is 11.8 Å². The molecule has 0 saturated carbocycles. The van der Waals surface area contributed by atoms with Crippen molar-refractivity contribution in [3.8, 4) is 0 Å². The Bertz CT molecular complexity index is 836. The molecule has 2 N–H and O–H groups in total. The maximum absolute atomic E-state index is 12.9. The van der Waals surface area contributed by atoms with Crippen LogP contribution in [0.1, 0.15) is 28.8 Å². The molecule has 1 saturated heterocycles. The van der Waals surface area contributed by atoms with Gasteiger partial charge in [-0.3, -0.25) is 25.2 Å². The van der Waals surface area contributed by atoms with E-state index in [4.69, 9.17) is 0 Å². The molecule has 0 atom stereocenters. The van der Waals surface area contributed by atoms with Crippen LogP contribution in [0.4, 0.5) is 10.1 Å². The molecule has 0 aromatic heterocycles. The molecule has 3 amide bonds. The molecular weight excluding hydrogens is 337 g/mol. The summed E-state index contributed by atoms with van der Waals surface area (Å²) in [6.45, 7) is 0.637. The number of nitrogens with one attached hydrogen (secondary N) is 2. The standard InChI is InChI=1S/C19H18FN3O3/c20-15-8-6-13(7-9-15)11-17(24)21-22-19(26)14-3-1-4-16(12-14)23-10-2-5-18(23)25/h1,3-4,6-9,12H,2,5,10-11H2,(H,21,24)(H,22,26). The highest BCUT2D eigenvalue weighted by atomic mass is 19.1. The summed E-state index contributed by atoms with van der Waals surface area (Å²) in [6.07, 6.45) is 1.33. The molecule has 26 heavy (non-hydrogen) atoms. The average Bonchev–Trinajstić information content (AvgIpc) is 3.08. The van der Waals surface area contributed by atoms with Crippen molar-refractivity contribution in [2.24, 2.45) is 0 Å². The van der Waals surface area contributed by atoms with Crippen LogP contribution in [0.25, 0.3) is 0 Å². The number of carbonyl (C=O) groups is 3. The molecule has 1 aliphatic heterocycles. The van der Waals surface area contributed by atoms with Gasteiger partial charge in [0.25, 0.3) is 5.91 Å². The second-order valence-electron chi connectivity index (χ2n) is 6.00. The second-order valence-corrected chi connectivity index (χ2v) is 6.00. The monoisotopic (exact) mass is 355 g/mol. The number of benzene rings is 2. The summed E-state index contributed by atoms with van der Waals surface area (Å²) in [6, 6.07) is 12.2. The number of anilines is 1. The van der Waals surface area contributed by atoms with E-state index in [0.29, 0.717) is 29.8 Å². The number of hydrazine groups is 1. The first-order valence-corrected chi connectivity index (χ1v) is 8.27. The molecule has 0 radical (unpaired) electrons. The fraction of sp³-hybridized carbons (Fsp3) is 0.211. The van der Waals surface area contributed by atoms with E-state index in [2.05, 4.69) is 10.9 Å². The van der Waals surface area contributed by atoms with Crippen LogP contribution in [0.5, 0.6) is 0 Å². The van der Waals surface area contributed by atoms with Crippen LogP contribution < -0.4 is 15.8 Å². The van der Waals surface area contributed by atoms with Gasteiger partial charge in [0.1, 0.15) is 5.82 Å². The van der Waals surface area contributed by atoms with E-state index in [1.54, 1.807) is 29.2 Å². The van der Waals surface area contributed by atoms with Crippen LogP contribution in [-0.4, -0.2) is 24.3 Å². The highest BCUT2D eigenvalue weighted by Crippen LogP contribution is 2.22. The van der Waals surface area contributed by atoms with Gasteiger partial charge in [-0.1, -0.05) is 18.2 Å². The molecule has 0 unspecified atom stereocenters. The smallest absolute Gasteiger partial charge is 0.269 e. The van der Waals surface area contributed by atoms with Crippen molar-refractivity contribution in [3.63, 3.8) is 0 Å². The third kappa shape index (κ3) is 4.24. The van der Waals surface area contributed by atoms with Gasteiger partial charge in [-0.15, -0.1) is 0 Å². The average molecular weight is 355 g/mol. The first kappa shape index (κ1) is 17.6. The van der Waals surface area contributed by atoms with Gasteiger partial charge >= 0.3 is 0 Å². The summed E-state index contributed by atoms with van der Waals surface area (Å²) in [5.74, 6) is -1.24. The highest BCUT2D eigenvalue weighted by Gasteiger charge is 2.22. The Hall–Kier alpha value is -3.22. The normalized spacial score (nSPS) is 13.6. The van der Waals surface area contributed by atoms with Crippen molar-refractivity contribution in [1.82, 2.24) is 10.9 Å². The fourth-order valence-electron chi connectivity index (χ4n) is 2.77. The van der Waals surface area contributed by atoms with Crippen LogP contribution >= 0.6 is 0 Å². The highest BCUT2D eigenvalue weighted by molar-refractivity contribution is 5.99. The first-order valence-electron chi connectivity index (χ1n) is 8.27.